The molecule has 26 heavy (non-hydrogen) atoms. The van der Waals surface area contributed by atoms with Gasteiger partial charge in [-0.3, -0.25) is 9.59 Å². The number of likely N-dealkylation sites (tertiary alicyclic amines) is 1. The zero-order chi connectivity index (χ0) is 19.0. The van der Waals surface area contributed by atoms with Crippen LogP contribution in [0.3, 0.4) is 0 Å². The van der Waals surface area contributed by atoms with Crippen LogP contribution in [0.25, 0.3) is 0 Å². The van der Waals surface area contributed by atoms with Gasteiger partial charge in [-0.05, 0) is 38.3 Å². The molecular weight excluding hydrogens is 328 g/mol. The average Bonchev–Trinajstić information content (AvgIpc) is 3.14. The first-order chi connectivity index (χ1) is 12.3. The molecule has 1 aromatic carbocycles. The Balaban J connectivity index is 1.89. The summed E-state index contributed by atoms with van der Waals surface area (Å²) in [6.07, 6.45) is 0. The molecule has 1 N–H and O–H groups in total. The van der Waals surface area contributed by atoms with Crippen LogP contribution in [0, 0.1) is 25.7 Å². The highest BCUT2D eigenvalue weighted by Gasteiger charge is 2.38. The molecule has 5 nitrogen and oxygen atoms in total. The van der Waals surface area contributed by atoms with E-state index in [1.807, 2.05) is 45.0 Å². The molecule has 138 valence electrons. The summed E-state index contributed by atoms with van der Waals surface area (Å²) < 4.78 is 2.18. The van der Waals surface area contributed by atoms with Crippen molar-refractivity contribution in [2.24, 2.45) is 11.8 Å². The van der Waals surface area contributed by atoms with Crippen molar-refractivity contribution in [2.75, 3.05) is 13.1 Å². The lowest BCUT2D eigenvalue weighted by Gasteiger charge is -2.20. The SMILES string of the molecule is Cc1cc(C(=O)N2C[C@@H](C)[C@H](C(=O)O)C2)c(C)n1C(C)c1ccccc1. The number of hydrogen-bond acceptors (Lipinski definition) is 2. The molecule has 0 spiro atoms. The Hall–Kier alpha value is -2.56. The van der Waals surface area contributed by atoms with E-state index >= 15 is 0 Å². The van der Waals surface area contributed by atoms with Gasteiger partial charge >= 0.3 is 5.97 Å². The molecule has 1 saturated heterocycles. The van der Waals surface area contributed by atoms with Gasteiger partial charge in [-0.2, -0.15) is 0 Å². The molecule has 3 atom stereocenters. The molecule has 3 rings (SSSR count). The molecule has 1 aromatic heterocycles. The van der Waals surface area contributed by atoms with Crippen molar-refractivity contribution >= 4 is 11.9 Å². The zero-order valence-corrected chi connectivity index (χ0v) is 15.8. The number of amides is 1. The van der Waals surface area contributed by atoms with E-state index in [0.29, 0.717) is 12.1 Å². The first-order valence-electron chi connectivity index (χ1n) is 9.06. The highest BCUT2D eigenvalue weighted by molar-refractivity contribution is 5.96. The second-order valence-electron chi connectivity index (χ2n) is 7.37. The fourth-order valence-corrected chi connectivity index (χ4v) is 4.09. The van der Waals surface area contributed by atoms with Crippen molar-refractivity contribution in [3.05, 3.63) is 58.9 Å². The third-order valence-electron chi connectivity index (χ3n) is 5.60. The number of rotatable bonds is 4. The summed E-state index contributed by atoms with van der Waals surface area (Å²) in [5.41, 5.74) is 3.82. The lowest BCUT2D eigenvalue weighted by Crippen LogP contribution is -2.30. The van der Waals surface area contributed by atoms with Gasteiger partial charge in [0.05, 0.1) is 17.5 Å². The number of aromatic nitrogens is 1. The monoisotopic (exact) mass is 354 g/mol. The first-order valence-corrected chi connectivity index (χ1v) is 9.06. The number of carbonyl (C=O) groups excluding carboxylic acids is 1. The van der Waals surface area contributed by atoms with Gasteiger partial charge in [-0.25, -0.2) is 0 Å². The van der Waals surface area contributed by atoms with Crippen LogP contribution in [0.4, 0.5) is 0 Å². The summed E-state index contributed by atoms with van der Waals surface area (Å²) in [5, 5.41) is 9.31. The van der Waals surface area contributed by atoms with E-state index in [9.17, 15) is 14.7 Å². The molecular formula is C21H26N2O3. The van der Waals surface area contributed by atoms with Crippen LogP contribution in [0.1, 0.15) is 47.2 Å². The number of carboxylic acids is 1. The molecule has 1 fully saturated rings. The average molecular weight is 354 g/mol. The summed E-state index contributed by atoms with van der Waals surface area (Å²) in [4.78, 5) is 26.1. The molecule has 2 heterocycles. The number of benzene rings is 1. The third kappa shape index (κ3) is 3.14. The van der Waals surface area contributed by atoms with E-state index in [1.54, 1.807) is 4.90 Å². The smallest absolute Gasteiger partial charge is 0.308 e. The highest BCUT2D eigenvalue weighted by atomic mass is 16.4. The zero-order valence-electron chi connectivity index (χ0n) is 15.8. The quantitative estimate of drug-likeness (QED) is 0.914. The van der Waals surface area contributed by atoms with Crippen LogP contribution in [0.15, 0.2) is 36.4 Å². The number of carbonyl (C=O) groups is 2. The Labute approximate surface area is 154 Å². The van der Waals surface area contributed by atoms with Crippen LogP contribution in [0.5, 0.6) is 0 Å². The maximum atomic E-state index is 13.0. The van der Waals surface area contributed by atoms with Gasteiger partial charge in [0.2, 0.25) is 0 Å². The first kappa shape index (κ1) is 18.2. The summed E-state index contributed by atoms with van der Waals surface area (Å²) in [7, 11) is 0. The van der Waals surface area contributed by atoms with Gasteiger partial charge in [0.15, 0.2) is 0 Å². The van der Waals surface area contributed by atoms with Gasteiger partial charge in [-0.1, -0.05) is 37.3 Å². The Morgan fingerprint density at radius 3 is 2.38 bits per heavy atom. The van der Waals surface area contributed by atoms with Crippen molar-refractivity contribution in [1.82, 2.24) is 9.47 Å². The van der Waals surface area contributed by atoms with Gasteiger partial charge in [-0.15, -0.1) is 0 Å². The van der Waals surface area contributed by atoms with Crippen LogP contribution in [-0.4, -0.2) is 39.5 Å². The Kier molecular flexibility index (Phi) is 4.90. The fourth-order valence-electron chi connectivity index (χ4n) is 4.09. The van der Waals surface area contributed by atoms with E-state index in [2.05, 4.69) is 23.6 Å². The molecule has 0 bridgehead atoms. The van der Waals surface area contributed by atoms with E-state index < -0.39 is 11.9 Å². The number of nitrogens with zero attached hydrogens (tertiary/aromatic N) is 2. The maximum Gasteiger partial charge on any atom is 0.308 e. The number of carboxylic acid groups (broad SMARTS) is 1. The predicted molar refractivity (Wildman–Crippen MR) is 100 cm³/mol. The Bertz CT molecular complexity index is 825. The molecule has 1 aliphatic rings. The molecule has 1 aliphatic heterocycles. The predicted octanol–water partition coefficient (Wildman–Crippen LogP) is 3.51. The normalized spacial score (nSPS) is 21.0. The minimum Gasteiger partial charge on any atom is -0.481 e. The van der Waals surface area contributed by atoms with Gasteiger partial charge in [0.1, 0.15) is 0 Å². The largest absolute Gasteiger partial charge is 0.481 e. The van der Waals surface area contributed by atoms with Crippen molar-refractivity contribution in [1.29, 1.82) is 0 Å². The van der Waals surface area contributed by atoms with Gasteiger partial charge in [0, 0.05) is 24.5 Å². The minimum atomic E-state index is -0.823. The Morgan fingerprint density at radius 1 is 1.15 bits per heavy atom. The number of aliphatic carboxylic acids is 1. The molecule has 0 aliphatic carbocycles. The standard InChI is InChI=1S/C21H26N2O3/c1-13-11-22(12-19(13)21(25)26)20(24)18-10-14(2)23(16(18)4)15(3)17-8-6-5-7-9-17/h5-10,13,15,19H,11-12H2,1-4H3,(H,25,26)/t13-,15?,19-/m1/s1. The van der Waals surface area contributed by atoms with Crippen molar-refractivity contribution in [3.63, 3.8) is 0 Å². The van der Waals surface area contributed by atoms with Crippen molar-refractivity contribution in [3.8, 4) is 0 Å². The molecule has 1 unspecified atom stereocenters. The van der Waals surface area contributed by atoms with Crippen molar-refractivity contribution < 1.29 is 14.7 Å². The summed E-state index contributed by atoms with van der Waals surface area (Å²) >= 11 is 0. The van der Waals surface area contributed by atoms with E-state index in [4.69, 9.17) is 0 Å². The van der Waals surface area contributed by atoms with Gasteiger partial charge < -0.3 is 14.6 Å². The van der Waals surface area contributed by atoms with E-state index in [-0.39, 0.29) is 24.4 Å². The topological polar surface area (TPSA) is 62.5 Å². The van der Waals surface area contributed by atoms with Crippen LogP contribution < -0.4 is 0 Å². The fraction of sp³-hybridized carbons (Fsp3) is 0.429. The summed E-state index contributed by atoms with van der Waals surface area (Å²) in [6, 6.07) is 12.3. The van der Waals surface area contributed by atoms with E-state index in [0.717, 1.165) is 11.4 Å². The molecule has 0 radical (unpaired) electrons. The number of hydrogen-bond donors (Lipinski definition) is 1. The molecule has 5 heteroatoms. The second kappa shape index (κ2) is 6.98. The van der Waals surface area contributed by atoms with Gasteiger partial charge in [0.25, 0.3) is 5.91 Å². The van der Waals surface area contributed by atoms with Crippen LogP contribution in [0.2, 0.25) is 0 Å². The lowest BCUT2D eigenvalue weighted by molar-refractivity contribution is -0.142. The molecule has 0 saturated carbocycles. The number of aryl methyl sites for hydroxylation is 1. The summed E-state index contributed by atoms with van der Waals surface area (Å²) in [5.74, 6) is -1.40. The molecule has 2 aromatic rings. The lowest BCUT2D eigenvalue weighted by atomic mass is 9.99. The minimum absolute atomic E-state index is 0.0248. The third-order valence-corrected chi connectivity index (χ3v) is 5.60. The van der Waals surface area contributed by atoms with E-state index in [1.165, 1.54) is 5.56 Å². The summed E-state index contributed by atoms with van der Waals surface area (Å²) in [6.45, 7) is 8.78. The van der Waals surface area contributed by atoms with Crippen LogP contribution in [-0.2, 0) is 4.79 Å². The second-order valence-corrected chi connectivity index (χ2v) is 7.37. The van der Waals surface area contributed by atoms with Crippen molar-refractivity contribution in [2.45, 2.75) is 33.7 Å². The maximum absolute atomic E-state index is 13.0. The Morgan fingerprint density at radius 2 is 1.81 bits per heavy atom. The highest BCUT2D eigenvalue weighted by Crippen LogP contribution is 2.29. The van der Waals surface area contributed by atoms with Crippen LogP contribution >= 0.6 is 0 Å². The molecule has 1 amide bonds.